The molecule has 0 spiro atoms. The van der Waals surface area contributed by atoms with E-state index in [1.54, 1.807) is 0 Å². The molecule has 0 aliphatic rings. The predicted molar refractivity (Wildman–Crippen MR) is 39.9 cm³/mol. The third kappa shape index (κ3) is 5.09. The second-order valence-electron chi connectivity index (χ2n) is 1.73. The second-order valence-corrected chi connectivity index (χ2v) is 1.73. The number of carboxylic acids is 1. The van der Waals surface area contributed by atoms with E-state index in [-0.39, 0.29) is 39.2 Å². The van der Waals surface area contributed by atoms with Crippen LogP contribution < -0.4 is 0 Å². The predicted octanol–water partition coefficient (Wildman–Crippen LogP) is -2.12. The van der Waals surface area contributed by atoms with Crippen molar-refractivity contribution in [1.29, 1.82) is 0 Å². The van der Waals surface area contributed by atoms with Gasteiger partial charge in [-0.05, 0) is 6.42 Å². The van der Waals surface area contributed by atoms with E-state index in [1.807, 2.05) is 0 Å². The van der Waals surface area contributed by atoms with Crippen LogP contribution >= 0.6 is 0 Å². The van der Waals surface area contributed by atoms with E-state index in [2.05, 4.69) is 0 Å². The summed E-state index contributed by atoms with van der Waals surface area (Å²) in [6.45, 7) is -0.604. The Balaban J connectivity index is 0. The molecule has 1 atom stereocenters. The van der Waals surface area contributed by atoms with Crippen molar-refractivity contribution in [1.82, 2.24) is 0 Å². The third-order valence-corrected chi connectivity index (χ3v) is 1.05. The van der Waals surface area contributed by atoms with Gasteiger partial charge in [0.05, 0.1) is 12.5 Å². The summed E-state index contributed by atoms with van der Waals surface area (Å²) in [4.78, 5) is 10.0. The molecule has 10 heavy (non-hydrogen) atoms. The average Bonchev–Trinajstić information content (AvgIpc) is 1.82. The zero-order valence-corrected chi connectivity index (χ0v) is 11.2. The standard InChI is InChI=1S/C5H10O4.Bi.3H/c6-2-1-4(3-7)5(8)9;;;;/h4,6-7H,1-3H2,(H,8,9);;;;. The monoisotopic (exact) mass is 346 g/mol. The number of hydrogen-bond acceptors (Lipinski definition) is 3. The Morgan fingerprint density at radius 2 is 1.90 bits per heavy atom. The first-order valence-electron chi connectivity index (χ1n) is 2.67. The fraction of sp³-hybridized carbons (Fsp3) is 0.800. The van der Waals surface area contributed by atoms with Crippen LogP contribution in [0.4, 0.5) is 0 Å². The van der Waals surface area contributed by atoms with Crippen molar-refractivity contribution >= 4 is 32.2 Å². The van der Waals surface area contributed by atoms with Gasteiger partial charge in [-0.15, -0.1) is 0 Å². The molecule has 62 valence electrons. The molecule has 0 saturated heterocycles. The molecular formula is C5H13BiO4. The van der Waals surface area contributed by atoms with Crippen LogP contribution in [0.25, 0.3) is 0 Å². The van der Waals surface area contributed by atoms with Crippen LogP contribution in [0.5, 0.6) is 0 Å². The number of rotatable bonds is 4. The molecule has 0 aliphatic carbocycles. The number of carboxylic acid groups (broad SMARTS) is 1. The minimum absolute atomic E-state index is 0. The summed E-state index contributed by atoms with van der Waals surface area (Å²) in [6.07, 6.45) is 0.117. The molecule has 0 saturated carbocycles. The fourth-order valence-corrected chi connectivity index (χ4v) is 0.449. The SMILES string of the molecule is O=C(O)C(CO)CCO.[BiH3]. The Bertz CT molecular complexity index is 95.6. The topological polar surface area (TPSA) is 77.8 Å². The van der Waals surface area contributed by atoms with Gasteiger partial charge in [-0.1, -0.05) is 0 Å². The Kier molecular flexibility index (Phi) is 9.53. The zero-order chi connectivity index (χ0) is 7.28. The van der Waals surface area contributed by atoms with Crippen molar-refractivity contribution in [3.8, 4) is 0 Å². The van der Waals surface area contributed by atoms with E-state index in [9.17, 15) is 4.79 Å². The number of hydrogen-bond donors (Lipinski definition) is 3. The summed E-state index contributed by atoms with van der Waals surface area (Å²) in [7, 11) is 0. The number of aliphatic carboxylic acids is 1. The van der Waals surface area contributed by atoms with Gasteiger partial charge in [0, 0.05) is 6.61 Å². The third-order valence-electron chi connectivity index (χ3n) is 1.05. The zero-order valence-electron chi connectivity index (χ0n) is 5.66. The Morgan fingerprint density at radius 1 is 1.40 bits per heavy atom. The molecule has 3 N–H and O–H groups in total. The summed E-state index contributed by atoms with van der Waals surface area (Å²) in [5.74, 6) is -1.87. The Hall–Kier alpha value is 0.273. The number of aliphatic hydroxyl groups is 2. The van der Waals surface area contributed by atoms with Gasteiger partial charge in [-0.25, -0.2) is 0 Å². The van der Waals surface area contributed by atoms with Crippen molar-refractivity contribution in [3.05, 3.63) is 0 Å². The molecule has 0 amide bonds. The number of aliphatic hydroxyl groups excluding tert-OH is 2. The number of carbonyl (C=O) groups is 1. The van der Waals surface area contributed by atoms with E-state index in [0.29, 0.717) is 0 Å². The van der Waals surface area contributed by atoms with E-state index >= 15 is 0 Å². The minimum atomic E-state index is -1.06. The van der Waals surface area contributed by atoms with Gasteiger partial charge in [0.2, 0.25) is 0 Å². The molecule has 0 aromatic carbocycles. The van der Waals surface area contributed by atoms with Crippen LogP contribution in [0.2, 0.25) is 0 Å². The van der Waals surface area contributed by atoms with Gasteiger partial charge in [0.25, 0.3) is 0 Å². The van der Waals surface area contributed by atoms with Crippen molar-refractivity contribution in [2.75, 3.05) is 13.2 Å². The summed E-state index contributed by atoms with van der Waals surface area (Å²) < 4.78 is 0. The maximum atomic E-state index is 10.0. The molecule has 0 bridgehead atoms. The van der Waals surface area contributed by atoms with Crippen LogP contribution in [0.1, 0.15) is 6.42 Å². The summed E-state index contributed by atoms with van der Waals surface area (Å²) >= 11 is 0. The summed E-state index contributed by atoms with van der Waals surface area (Å²) in [6, 6.07) is 0. The average molecular weight is 346 g/mol. The maximum absolute atomic E-state index is 10.0. The first-order chi connectivity index (χ1) is 4.22. The van der Waals surface area contributed by atoms with Gasteiger partial charge in [-0.3, -0.25) is 4.79 Å². The quantitative estimate of drug-likeness (QED) is 0.509. The Morgan fingerprint density at radius 3 is 2.00 bits per heavy atom. The first kappa shape index (κ1) is 12.9. The second kappa shape index (κ2) is 7.38. The van der Waals surface area contributed by atoms with Gasteiger partial charge in [-0.2, -0.15) is 0 Å². The molecule has 0 heterocycles. The van der Waals surface area contributed by atoms with Gasteiger partial charge >= 0.3 is 32.2 Å². The van der Waals surface area contributed by atoms with E-state index < -0.39 is 18.5 Å². The van der Waals surface area contributed by atoms with E-state index in [0.717, 1.165) is 0 Å². The van der Waals surface area contributed by atoms with Crippen LogP contribution in [0, 0.1) is 5.92 Å². The van der Waals surface area contributed by atoms with Crippen molar-refractivity contribution < 1.29 is 20.1 Å². The molecule has 0 aromatic heterocycles. The molecule has 0 aliphatic heterocycles. The van der Waals surface area contributed by atoms with Crippen molar-refractivity contribution in [2.45, 2.75) is 6.42 Å². The van der Waals surface area contributed by atoms with Gasteiger partial charge in [0.1, 0.15) is 0 Å². The molecule has 1 unspecified atom stereocenters. The van der Waals surface area contributed by atoms with Crippen LogP contribution in [-0.4, -0.2) is 60.7 Å². The molecule has 0 radical (unpaired) electrons. The van der Waals surface area contributed by atoms with Crippen molar-refractivity contribution in [2.24, 2.45) is 5.92 Å². The molecule has 5 heteroatoms. The molecule has 0 fully saturated rings. The molecule has 4 nitrogen and oxygen atoms in total. The van der Waals surface area contributed by atoms with Crippen LogP contribution in [0.3, 0.4) is 0 Å². The summed E-state index contributed by atoms with van der Waals surface area (Å²) in [5.41, 5.74) is 0. The Labute approximate surface area is 78.0 Å². The normalized spacial score (nSPS) is 11.8. The van der Waals surface area contributed by atoms with Gasteiger partial charge in [0.15, 0.2) is 0 Å². The molecule has 0 aromatic rings. The first-order valence-corrected chi connectivity index (χ1v) is 2.67. The summed E-state index contributed by atoms with van der Waals surface area (Å²) in [5, 5.41) is 24.8. The van der Waals surface area contributed by atoms with Crippen molar-refractivity contribution in [3.63, 3.8) is 0 Å². The molecule has 0 rings (SSSR count). The fourth-order valence-electron chi connectivity index (χ4n) is 0.449. The van der Waals surface area contributed by atoms with E-state index in [4.69, 9.17) is 15.3 Å². The van der Waals surface area contributed by atoms with Crippen LogP contribution in [0.15, 0.2) is 0 Å². The van der Waals surface area contributed by atoms with Crippen LogP contribution in [-0.2, 0) is 4.79 Å². The van der Waals surface area contributed by atoms with E-state index in [1.165, 1.54) is 0 Å². The van der Waals surface area contributed by atoms with Gasteiger partial charge < -0.3 is 15.3 Å². The molecular weight excluding hydrogens is 333 g/mol.